The normalized spacial score (nSPS) is 18.2. The third-order valence-corrected chi connectivity index (χ3v) is 18.1. The van der Waals surface area contributed by atoms with E-state index in [0.717, 1.165) is 19.3 Å². The Hall–Kier alpha value is -9.10. The fourth-order valence-corrected chi connectivity index (χ4v) is 14.8. The molecule has 10 aromatic carbocycles. The van der Waals surface area contributed by atoms with Crippen LogP contribution in [0.4, 0.5) is 0 Å². The van der Waals surface area contributed by atoms with Gasteiger partial charge in [-0.1, -0.05) is 194 Å². The van der Waals surface area contributed by atoms with Crippen LogP contribution in [-0.2, 0) is 0 Å². The Kier molecular flexibility index (Phi) is 9.01. The molecule has 7 aliphatic carbocycles. The van der Waals surface area contributed by atoms with Crippen LogP contribution in [-0.4, -0.2) is 0 Å². The Labute approximate surface area is 443 Å². The maximum absolute atomic E-state index is 2.65. The summed E-state index contributed by atoms with van der Waals surface area (Å²) in [6.45, 7) is 0. The van der Waals surface area contributed by atoms with E-state index in [4.69, 9.17) is 0 Å². The van der Waals surface area contributed by atoms with Crippen LogP contribution >= 0.6 is 0 Å². The summed E-state index contributed by atoms with van der Waals surface area (Å²) in [6.07, 6.45) is 22.6. The molecule has 0 heterocycles. The summed E-state index contributed by atoms with van der Waals surface area (Å²) in [5.74, 6) is 1.16. The van der Waals surface area contributed by atoms with Crippen molar-refractivity contribution in [3.05, 3.63) is 287 Å². The van der Waals surface area contributed by atoms with Gasteiger partial charge in [-0.15, -0.1) is 0 Å². The molecule has 0 amide bonds. The smallest absolute Gasteiger partial charge is 0.0200 e. The second kappa shape index (κ2) is 16.2. The van der Waals surface area contributed by atoms with E-state index in [1.165, 1.54) is 160 Å². The van der Waals surface area contributed by atoms with E-state index in [9.17, 15) is 0 Å². The quantitative estimate of drug-likeness (QED) is 0.156. The number of benzene rings is 10. The van der Waals surface area contributed by atoms with Crippen LogP contribution < -0.4 is 10.4 Å². The molecule has 0 heteroatoms. The zero-order valence-electron chi connectivity index (χ0n) is 42.0. The molecule has 0 aliphatic heterocycles. The summed E-state index contributed by atoms with van der Waals surface area (Å²) in [5.41, 5.74) is 33.2. The number of allylic oxidation sites excluding steroid dienone is 8. The van der Waals surface area contributed by atoms with Crippen molar-refractivity contribution in [1.82, 2.24) is 0 Å². The molecule has 0 saturated heterocycles. The lowest BCUT2D eigenvalue weighted by Crippen LogP contribution is -2.35. The van der Waals surface area contributed by atoms with Gasteiger partial charge in [0.2, 0.25) is 0 Å². The van der Waals surface area contributed by atoms with Gasteiger partial charge < -0.3 is 0 Å². The topological polar surface area (TPSA) is 0 Å². The number of hydrogen-bond donors (Lipinski definition) is 0. The highest BCUT2D eigenvalue weighted by Crippen LogP contribution is 2.60. The molecule has 0 radical (unpaired) electrons. The lowest BCUT2D eigenvalue weighted by Gasteiger charge is -2.36. The Balaban J connectivity index is 1.07. The second-order valence-electron chi connectivity index (χ2n) is 22.1. The predicted molar refractivity (Wildman–Crippen MR) is 319 cm³/mol. The molecule has 10 aromatic rings. The third-order valence-electron chi connectivity index (χ3n) is 18.1. The molecule has 3 atom stereocenters. The van der Waals surface area contributed by atoms with Gasteiger partial charge in [-0.25, -0.2) is 0 Å². The highest BCUT2D eigenvalue weighted by atomic mass is 14.4. The Morgan fingerprint density at radius 2 is 0.987 bits per heavy atom. The molecule has 0 saturated carbocycles. The Bertz CT molecular complexity index is 4380. The van der Waals surface area contributed by atoms with E-state index >= 15 is 0 Å². The predicted octanol–water partition coefficient (Wildman–Crippen LogP) is 18.2. The zero-order chi connectivity index (χ0) is 49.6. The van der Waals surface area contributed by atoms with Crippen molar-refractivity contribution < 1.29 is 0 Å². The van der Waals surface area contributed by atoms with E-state index in [1.807, 2.05) is 0 Å². The summed E-state index contributed by atoms with van der Waals surface area (Å²) in [6, 6.07) is 76.4. The van der Waals surface area contributed by atoms with Gasteiger partial charge in [-0.3, -0.25) is 0 Å². The molecule has 0 N–H and O–H groups in total. The number of hydrogen-bond acceptors (Lipinski definition) is 0. The van der Waals surface area contributed by atoms with E-state index < -0.39 is 0 Å². The highest BCUT2D eigenvalue weighted by molar-refractivity contribution is 6.22. The maximum atomic E-state index is 2.65. The minimum absolute atomic E-state index is 0.335. The molecule has 7 aliphatic rings. The molecule has 0 nitrogen and oxygen atoms in total. The van der Waals surface area contributed by atoms with E-state index in [2.05, 4.69) is 249 Å². The average Bonchev–Trinajstić information content (AvgIpc) is 4.14. The van der Waals surface area contributed by atoms with Gasteiger partial charge in [0.25, 0.3) is 0 Å². The number of fused-ring (bicyclic) bond motifs is 8. The first kappa shape index (κ1) is 42.3. The maximum Gasteiger partial charge on any atom is 0.0200 e. The van der Waals surface area contributed by atoms with Crippen LogP contribution in [0.3, 0.4) is 0 Å². The molecule has 0 bridgehead atoms. The molecular formula is C76H50. The third kappa shape index (κ3) is 6.13. The lowest BCUT2D eigenvalue weighted by atomic mass is 9.67. The van der Waals surface area contributed by atoms with Gasteiger partial charge in [0, 0.05) is 11.8 Å². The van der Waals surface area contributed by atoms with Crippen LogP contribution in [0.5, 0.6) is 0 Å². The van der Waals surface area contributed by atoms with Gasteiger partial charge in [0.05, 0.1) is 0 Å². The summed E-state index contributed by atoms with van der Waals surface area (Å²) >= 11 is 0. The molecule has 17 rings (SSSR count). The average molecular weight is 963 g/mol. The summed E-state index contributed by atoms with van der Waals surface area (Å²) in [7, 11) is 0. The van der Waals surface area contributed by atoms with Gasteiger partial charge in [-0.2, -0.15) is 0 Å². The van der Waals surface area contributed by atoms with Crippen molar-refractivity contribution in [3.63, 3.8) is 0 Å². The molecule has 76 heavy (non-hydrogen) atoms. The van der Waals surface area contributed by atoms with Gasteiger partial charge in [0.15, 0.2) is 0 Å². The first-order valence-electron chi connectivity index (χ1n) is 27.4. The Morgan fingerprint density at radius 3 is 1.61 bits per heavy atom. The van der Waals surface area contributed by atoms with E-state index in [1.54, 1.807) is 0 Å². The van der Waals surface area contributed by atoms with Crippen molar-refractivity contribution in [1.29, 1.82) is 0 Å². The van der Waals surface area contributed by atoms with Crippen LogP contribution in [0.1, 0.15) is 53.0 Å². The molecule has 0 fully saturated rings. The zero-order valence-corrected chi connectivity index (χ0v) is 42.0. The van der Waals surface area contributed by atoms with Crippen LogP contribution in [0, 0.1) is 11.8 Å². The first-order chi connectivity index (χ1) is 37.7. The Morgan fingerprint density at radius 1 is 0.408 bits per heavy atom. The first-order valence-corrected chi connectivity index (χ1v) is 27.4. The summed E-state index contributed by atoms with van der Waals surface area (Å²) in [4.78, 5) is 0. The lowest BCUT2D eigenvalue weighted by molar-refractivity contribution is 0.613. The highest BCUT2D eigenvalue weighted by Gasteiger charge is 2.41. The fourth-order valence-electron chi connectivity index (χ4n) is 14.8. The van der Waals surface area contributed by atoms with E-state index in [0.29, 0.717) is 17.8 Å². The largest absolute Gasteiger partial charge is 0.0842 e. The van der Waals surface area contributed by atoms with Crippen LogP contribution in [0.2, 0.25) is 0 Å². The van der Waals surface area contributed by atoms with Crippen molar-refractivity contribution in [2.75, 3.05) is 0 Å². The SMILES string of the molecule is C1=CC2C=Cc3ccc4c5c3C2C(=C1)C=C5c1cc2c(-c3cc(-c5ccccc5)cc(-c5ccccc5)c3)c3c(c(-c5cc(-c6ccccc6)cc(-c6ccccc6)c5)c2cc1-4)C1=c2c-3cccc2=C2C=CCCC2C1. The summed E-state index contributed by atoms with van der Waals surface area (Å²) in [5, 5.41) is 5.45. The van der Waals surface area contributed by atoms with Crippen molar-refractivity contribution >= 4 is 33.6 Å². The summed E-state index contributed by atoms with van der Waals surface area (Å²) < 4.78 is 0. The molecule has 0 aromatic heterocycles. The van der Waals surface area contributed by atoms with Crippen LogP contribution in [0.25, 0.3) is 123 Å². The van der Waals surface area contributed by atoms with Crippen molar-refractivity contribution in [3.8, 4) is 89.0 Å². The molecule has 354 valence electrons. The second-order valence-corrected chi connectivity index (χ2v) is 22.1. The van der Waals surface area contributed by atoms with E-state index in [-0.39, 0.29) is 0 Å². The van der Waals surface area contributed by atoms with Crippen molar-refractivity contribution in [2.24, 2.45) is 11.8 Å². The minimum Gasteiger partial charge on any atom is -0.0842 e. The van der Waals surface area contributed by atoms with Gasteiger partial charge in [-0.05, 0) is 240 Å². The van der Waals surface area contributed by atoms with Gasteiger partial charge in [0.1, 0.15) is 0 Å². The van der Waals surface area contributed by atoms with Crippen molar-refractivity contribution in [2.45, 2.75) is 25.2 Å². The standard InChI is InChI=1S/C76H50/c1-5-17-45(18-6-1)53-35-54(46-19-7-2-8-20-46)38-57(37-53)70-67-44-64-63(61-34-33-50-32-31-49-26-15-27-52-42-65(64)74(61)72(50)69(49)52)43-66(67)71(58-39-55(47-21-9-3-10-22-47)36-56(40-58)48-23-11-4-12-24-48)76-68-41-51-25-13-14-28-59(51)60-29-16-30-62(73(60)68)75(70)76/h1-12,14-24,26-40,42-44,49,51,69H,13,25,41H2. The fraction of sp³-hybridized carbons (Fsp3) is 0.0789. The molecule has 3 unspecified atom stereocenters. The molecular weight excluding hydrogens is 913 g/mol. The molecule has 0 spiro atoms. The minimum atomic E-state index is 0.335. The van der Waals surface area contributed by atoms with Gasteiger partial charge >= 0.3 is 0 Å². The van der Waals surface area contributed by atoms with Crippen LogP contribution in [0.15, 0.2) is 248 Å². The number of rotatable bonds is 6. The monoisotopic (exact) mass is 962 g/mol.